The molecular formula is C14H12N2O2. The van der Waals surface area contributed by atoms with E-state index < -0.39 is 0 Å². The van der Waals surface area contributed by atoms with E-state index in [9.17, 15) is 9.59 Å². The van der Waals surface area contributed by atoms with Crippen LogP contribution in [0.1, 0.15) is 45.4 Å². The van der Waals surface area contributed by atoms with Crippen molar-refractivity contribution in [2.75, 3.05) is 0 Å². The first-order valence-corrected chi connectivity index (χ1v) is 5.97. The summed E-state index contributed by atoms with van der Waals surface area (Å²) in [6, 6.07) is 6.91. The number of rotatable bonds is 2. The van der Waals surface area contributed by atoms with Crippen LogP contribution in [0.3, 0.4) is 0 Å². The van der Waals surface area contributed by atoms with Crippen molar-refractivity contribution in [3.8, 4) is 0 Å². The van der Waals surface area contributed by atoms with Crippen molar-refractivity contribution in [3.05, 3.63) is 53.1 Å². The Balaban J connectivity index is 2.23. The summed E-state index contributed by atoms with van der Waals surface area (Å²) in [5.74, 6) is -0.263. The number of aryl methyl sites for hydroxylation is 1. The standard InChI is InChI=1S/C14H12N2O2/c1-2-7-16-8-15-11-12(16)14(18)10-6-4-3-5-9(10)13(11)17/h3-6,8H,2,7H2,1H3. The second-order valence-corrected chi connectivity index (χ2v) is 4.34. The van der Waals surface area contributed by atoms with Crippen LogP contribution in [-0.4, -0.2) is 21.1 Å². The fourth-order valence-corrected chi connectivity index (χ4v) is 2.33. The SMILES string of the molecule is CCCn1cnc2c1C(=O)c1ccccc1C2=O. The maximum absolute atomic E-state index is 12.4. The Hall–Kier alpha value is -2.23. The lowest BCUT2D eigenvalue weighted by atomic mass is 9.90. The summed E-state index contributed by atoms with van der Waals surface area (Å²) in [5, 5.41) is 0. The molecule has 1 aromatic carbocycles. The van der Waals surface area contributed by atoms with Gasteiger partial charge in [0.25, 0.3) is 0 Å². The molecule has 0 saturated heterocycles. The van der Waals surface area contributed by atoms with E-state index in [1.807, 2.05) is 6.92 Å². The smallest absolute Gasteiger partial charge is 0.214 e. The molecule has 0 aliphatic heterocycles. The van der Waals surface area contributed by atoms with Crippen molar-refractivity contribution in [3.63, 3.8) is 0 Å². The van der Waals surface area contributed by atoms with E-state index in [0.717, 1.165) is 6.42 Å². The number of benzene rings is 1. The third kappa shape index (κ3) is 1.35. The topological polar surface area (TPSA) is 52.0 Å². The highest BCUT2D eigenvalue weighted by Crippen LogP contribution is 2.26. The minimum atomic E-state index is -0.157. The van der Waals surface area contributed by atoms with Gasteiger partial charge in [-0.15, -0.1) is 0 Å². The van der Waals surface area contributed by atoms with Gasteiger partial charge in [0.1, 0.15) is 11.4 Å². The molecule has 0 fully saturated rings. The van der Waals surface area contributed by atoms with Crippen molar-refractivity contribution in [1.82, 2.24) is 9.55 Å². The van der Waals surface area contributed by atoms with Gasteiger partial charge in [0, 0.05) is 17.7 Å². The molecule has 1 aliphatic rings. The van der Waals surface area contributed by atoms with Crippen LogP contribution in [0, 0.1) is 0 Å². The van der Waals surface area contributed by atoms with Gasteiger partial charge in [0.2, 0.25) is 11.6 Å². The Morgan fingerprint density at radius 2 is 1.78 bits per heavy atom. The highest BCUT2D eigenvalue weighted by molar-refractivity contribution is 6.27. The zero-order valence-corrected chi connectivity index (χ0v) is 10.0. The van der Waals surface area contributed by atoms with Gasteiger partial charge in [0.05, 0.1) is 6.33 Å². The molecule has 4 heteroatoms. The van der Waals surface area contributed by atoms with Crippen LogP contribution in [0.25, 0.3) is 0 Å². The van der Waals surface area contributed by atoms with Crippen LogP contribution in [0.5, 0.6) is 0 Å². The van der Waals surface area contributed by atoms with E-state index in [0.29, 0.717) is 23.4 Å². The fourth-order valence-electron chi connectivity index (χ4n) is 2.33. The van der Waals surface area contributed by atoms with E-state index in [1.54, 1.807) is 35.2 Å². The molecule has 3 rings (SSSR count). The first-order chi connectivity index (χ1) is 8.74. The van der Waals surface area contributed by atoms with E-state index in [1.165, 1.54) is 0 Å². The van der Waals surface area contributed by atoms with E-state index >= 15 is 0 Å². The van der Waals surface area contributed by atoms with E-state index in [-0.39, 0.29) is 17.3 Å². The molecule has 0 spiro atoms. The lowest BCUT2D eigenvalue weighted by Crippen LogP contribution is -2.23. The third-order valence-corrected chi connectivity index (χ3v) is 3.15. The van der Waals surface area contributed by atoms with Crippen molar-refractivity contribution >= 4 is 11.6 Å². The van der Waals surface area contributed by atoms with Gasteiger partial charge in [-0.3, -0.25) is 9.59 Å². The summed E-state index contributed by atoms with van der Waals surface area (Å²) >= 11 is 0. The van der Waals surface area contributed by atoms with Crippen LogP contribution in [0.15, 0.2) is 30.6 Å². The van der Waals surface area contributed by atoms with Crippen LogP contribution in [0.4, 0.5) is 0 Å². The van der Waals surface area contributed by atoms with Crippen molar-refractivity contribution in [1.29, 1.82) is 0 Å². The molecule has 0 radical (unpaired) electrons. The molecule has 4 nitrogen and oxygen atoms in total. The van der Waals surface area contributed by atoms with Gasteiger partial charge in [-0.05, 0) is 6.42 Å². The number of fused-ring (bicyclic) bond motifs is 2. The molecule has 1 aliphatic carbocycles. The number of imidazole rings is 1. The average molecular weight is 240 g/mol. The Bertz CT molecular complexity index is 656. The summed E-state index contributed by atoms with van der Waals surface area (Å²) < 4.78 is 1.77. The van der Waals surface area contributed by atoms with Gasteiger partial charge in [-0.2, -0.15) is 0 Å². The normalized spacial score (nSPS) is 13.4. The molecule has 0 saturated carbocycles. The van der Waals surface area contributed by atoms with Gasteiger partial charge in [-0.1, -0.05) is 31.2 Å². The average Bonchev–Trinajstić information content (AvgIpc) is 2.81. The Kier molecular flexibility index (Phi) is 2.37. The highest BCUT2D eigenvalue weighted by Gasteiger charge is 2.33. The largest absolute Gasteiger partial charge is 0.327 e. The zero-order valence-electron chi connectivity index (χ0n) is 10.0. The molecule has 1 heterocycles. The number of ketones is 2. The molecular weight excluding hydrogens is 228 g/mol. The zero-order chi connectivity index (χ0) is 12.7. The Morgan fingerprint density at radius 3 is 2.44 bits per heavy atom. The lowest BCUT2D eigenvalue weighted by Gasteiger charge is -2.15. The molecule has 0 amide bonds. The number of hydrogen-bond acceptors (Lipinski definition) is 3. The van der Waals surface area contributed by atoms with Crippen molar-refractivity contribution < 1.29 is 9.59 Å². The van der Waals surface area contributed by atoms with E-state index in [2.05, 4.69) is 4.98 Å². The molecule has 90 valence electrons. The number of carbonyl (C=O) groups is 2. The Morgan fingerprint density at radius 1 is 1.11 bits per heavy atom. The first kappa shape index (κ1) is 10.9. The van der Waals surface area contributed by atoms with Crippen molar-refractivity contribution in [2.45, 2.75) is 19.9 Å². The second kappa shape index (κ2) is 3.91. The number of hydrogen-bond donors (Lipinski definition) is 0. The summed E-state index contributed by atoms with van der Waals surface area (Å²) in [6.07, 6.45) is 2.47. The molecule has 18 heavy (non-hydrogen) atoms. The van der Waals surface area contributed by atoms with Crippen LogP contribution in [0.2, 0.25) is 0 Å². The van der Waals surface area contributed by atoms with Crippen LogP contribution < -0.4 is 0 Å². The van der Waals surface area contributed by atoms with Gasteiger partial charge in [-0.25, -0.2) is 4.98 Å². The number of carbonyl (C=O) groups excluding carboxylic acids is 2. The monoisotopic (exact) mass is 240 g/mol. The van der Waals surface area contributed by atoms with Gasteiger partial charge in [0.15, 0.2) is 0 Å². The molecule has 0 atom stereocenters. The maximum Gasteiger partial charge on any atom is 0.214 e. The fraction of sp³-hybridized carbons (Fsp3) is 0.214. The van der Waals surface area contributed by atoms with E-state index in [4.69, 9.17) is 0 Å². The predicted molar refractivity (Wildman–Crippen MR) is 65.8 cm³/mol. The third-order valence-electron chi connectivity index (χ3n) is 3.15. The Labute approximate surface area is 104 Å². The molecule has 2 aromatic rings. The molecule has 0 unspecified atom stereocenters. The maximum atomic E-state index is 12.4. The van der Waals surface area contributed by atoms with Crippen LogP contribution in [-0.2, 0) is 6.54 Å². The summed E-state index contributed by atoms with van der Waals surface area (Å²) in [5.41, 5.74) is 1.65. The molecule has 1 aromatic heterocycles. The number of aromatic nitrogens is 2. The quantitative estimate of drug-likeness (QED) is 0.689. The summed E-state index contributed by atoms with van der Waals surface area (Å²) in [7, 11) is 0. The van der Waals surface area contributed by atoms with Crippen molar-refractivity contribution in [2.24, 2.45) is 0 Å². The minimum absolute atomic E-state index is 0.105. The minimum Gasteiger partial charge on any atom is -0.327 e. The predicted octanol–water partition coefficient (Wildman–Crippen LogP) is 2.07. The summed E-state index contributed by atoms with van der Waals surface area (Å²) in [4.78, 5) is 28.7. The highest BCUT2D eigenvalue weighted by atomic mass is 16.1. The molecule has 0 bridgehead atoms. The van der Waals surface area contributed by atoms with Gasteiger partial charge < -0.3 is 4.57 Å². The van der Waals surface area contributed by atoms with Gasteiger partial charge >= 0.3 is 0 Å². The molecule has 0 N–H and O–H groups in total. The van der Waals surface area contributed by atoms with Crippen LogP contribution >= 0.6 is 0 Å². The lowest BCUT2D eigenvalue weighted by molar-refractivity contribution is 0.0971. The summed E-state index contributed by atoms with van der Waals surface area (Å²) in [6.45, 7) is 2.72. The second-order valence-electron chi connectivity index (χ2n) is 4.34. The number of nitrogens with zero attached hydrogens (tertiary/aromatic N) is 2. The first-order valence-electron chi connectivity index (χ1n) is 5.97.